The first-order chi connectivity index (χ1) is 30.0. The van der Waals surface area contributed by atoms with Crippen molar-refractivity contribution in [1.82, 2.24) is 0 Å². The molecule has 62 heavy (non-hydrogen) atoms. The van der Waals surface area contributed by atoms with Crippen molar-refractivity contribution in [2.24, 2.45) is 0 Å². The normalized spacial score (nSPS) is 27.4. The number of rotatable bonds is 35. The molecule has 0 amide bonds. The van der Waals surface area contributed by atoms with Crippen LogP contribution in [0.2, 0.25) is 0 Å². The predicted molar refractivity (Wildman–Crippen MR) is 234 cm³/mol. The predicted octanol–water partition coefficient (Wildman–Crippen LogP) is 5.37. The molecule has 0 aromatic heterocycles. The Balaban J connectivity index is 1.89. The molecule has 360 valence electrons. The van der Waals surface area contributed by atoms with Crippen molar-refractivity contribution in [3.63, 3.8) is 0 Å². The summed E-state index contributed by atoms with van der Waals surface area (Å²) < 4.78 is 33.3. The molecule has 15 nitrogen and oxygen atoms in total. The lowest BCUT2D eigenvalue weighted by molar-refractivity contribution is -0.332. The Labute approximate surface area is 370 Å². The highest BCUT2D eigenvalue weighted by atomic mass is 16.7. The van der Waals surface area contributed by atoms with Crippen LogP contribution in [0.15, 0.2) is 36.5 Å². The van der Waals surface area contributed by atoms with Crippen LogP contribution in [0.5, 0.6) is 0 Å². The van der Waals surface area contributed by atoms with Crippen molar-refractivity contribution in [2.45, 2.75) is 223 Å². The Morgan fingerprint density at radius 3 is 1.53 bits per heavy atom. The van der Waals surface area contributed by atoms with Gasteiger partial charge in [-0.3, -0.25) is 9.59 Å². The number of carbonyl (C=O) groups excluding carboxylic acids is 2. The minimum absolute atomic E-state index is 0.000519. The van der Waals surface area contributed by atoms with Gasteiger partial charge in [-0.25, -0.2) is 0 Å². The van der Waals surface area contributed by atoms with E-state index < -0.39 is 99.3 Å². The number of hydrogen-bond acceptors (Lipinski definition) is 15. The molecule has 15 heteroatoms. The van der Waals surface area contributed by atoms with Crippen LogP contribution in [0.3, 0.4) is 0 Å². The zero-order chi connectivity index (χ0) is 45.4. The first kappa shape index (κ1) is 55.9. The van der Waals surface area contributed by atoms with E-state index in [9.17, 15) is 45.3 Å². The summed E-state index contributed by atoms with van der Waals surface area (Å²) in [6, 6.07) is 0. The van der Waals surface area contributed by atoms with Gasteiger partial charge in [0.25, 0.3) is 0 Å². The first-order valence-corrected chi connectivity index (χ1v) is 23.6. The molecule has 0 aromatic rings. The second-order valence-corrected chi connectivity index (χ2v) is 16.6. The molecule has 0 aromatic carbocycles. The van der Waals surface area contributed by atoms with Gasteiger partial charge >= 0.3 is 11.9 Å². The highest BCUT2D eigenvalue weighted by Gasteiger charge is 2.47. The van der Waals surface area contributed by atoms with E-state index in [4.69, 9.17) is 28.4 Å². The van der Waals surface area contributed by atoms with E-state index in [-0.39, 0.29) is 19.4 Å². The third-order valence-electron chi connectivity index (χ3n) is 11.2. The van der Waals surface area contributed by atoms with Crippen molar-refractivity contribution < 1.29 is 73.8 Å². The summed E-state index contributed by atoms with van der Waals surface area (Å²) in [4.78, 5) is 25.5. The van der Waals surface area contributed by atoms with Crippen molar-refractivity contribution in [3.8, 4) is 0 Å². The summed E-state index contributed by atoms with van der Waals surface area (Å²) in [5.41, 5.74) is 0. The Morgan fingerprint density at radius 2 is 0.968 bits per heavy atom. The number of aliphatic hydroxyl groups excluding tert-OH is 7. The van der Waals surface area contributed by atoms with Crippen LogP contribution in [0, 0.1) is 0 Å². The van der Waals surface area contributed by atoms with E-state index in [0.29, 0.717) is 6.42 Å². The van der Waals surface area contributed by atoms with Gasteiger partial charge in [0, 0.05) is 0 Å². The molecule has 0 spiro atoms. The van der Waals surface area contributed by atoms with Crippen molar-refractivity contribution in [2.75, 3.05) is 26.4 Å². The Hall–Kier alpha value is -2.28. The van der Waals surface area contributed by atoms with Crippen molar-refractivity contribution in [1.29, 1.82) is 0 Å². The van der Waals surface area contributed by atoms with Crippen LogP contribution >= 0.6 is 0 Å². The van der Waals surface area contributed by atoms with Crippen LogP contribution in [-0.4, -0.2) is 142 Å². The number of allylic oxidation sites excluding steroid dienone is 4. The van der Waals surface area contributed by atoms with Crippen LogP contribution in [0.25, 0.3) is 0 Å². The van der Waals surface area contributed by atoms with E-state index >= 15 is 0 Å². The lowest BCUT2D eigenvalue weighted by Crippen LogP contribution is -2.61. The van der Waals surface area contributed by atoms with E-state index in [2.05, 4.69) is 26.0 Å². The molecule has 2 aliphatic heterocycles. The molecular formula is C47H82O15. The first-order valence-electron chi connectivity index (χ1n) is 23.6. The average Bonchev–Trinajstić information content (AvgIpc) is 3.26. The van der Waals surface area contributed by atoms with E-state index in [1.807, 2.05) is 12.2 Å². The van der Waals surface area contributed by atoms with Gasteiger partial charge in [0.1, 0.15) is 55.4 Å². The van der Waals surface area contributed by atoms with E-state index in [1.54, 1.807) is 12.2 Å². The molecule has 2 aliphatic rings. The molecule has 0 radical (unpaired) electrons. The molecule has 0 aliphatic carbocycles. The largest absolute Gasteiger partial charge is 0.461 e. The summed E-state index contributed by atoms with van der Waals surface area (Å²) >= 11 is 0. The maximum Gasteiger partial charge on any atom is 0.310 e. The maximum atomic E-state index is 12.9. The fourth-order valence-corrected chi connectivity index (χ4v) is 7.22. The molecule has 4 unspecified atom stereocenters. The van der Waals surface area contributed by atoms with Crippen LogP contribution < -0.4 is 0 Å². The number of unbranched alkanes of at least 4 members (excludes halogenated alkanes) is 17. The lowest BCUT2D eigenvalue weighted by atomic mass is 9.98. The number of aliphatic hydroxyl groups is 7. The summed E-state index contributed by atoms with van der Waals surface area (Å²) in [6.45, 7) is 2.42. The topological polar surface area (TPSA) is 231 Å². The smallest absolute Gasteiger partial charge is 0.310 e. The third kappa shape index (κ3) is 23.6. The van der Waals surface area contributed by atoms with E-state index in [1.165, 1.54) is 96.3 Å². The SMILES string of the molecule is CCCCCCCCCC=CCC=CCC(=O)OC[C@H](CO[C@@H]1O[C@H](CO[C@H]2O[C@H](CO)[C@H](O)C(O)C2O)[C@H](O)C(O)C1O)OC(=O)CC=CCCCCCCCCCCCC. The van der Waals surface area contributed by atoms with E-state index in [0.717, 1.165) is 25.7 Å². The Morgan fingerprint density at radius 1 is 0.516 bits per heavy atom. The second kappa shape index (κ2) is 35.0. The lowest BCUT2D eigenvalue weighted by Gasteiger charge is -2.42. The molecule has 2 fully saturated rings. The zero-order valence-electron chi connectivity index (χ0n) is 37.6. The average molecular weight is 887 g/mol. The highest BCUT2D eigenvalue weighted by molar-refractivity contribution is 5.72. The number of esters is 2. The molecule has 7 N–H and O–H groups in total. The summed E-state index contributed by atoms with van der Waals surface area (Å²) in [7, 11) is 0. The van der Waals surface area contributed by atoms with Gasteiger partial charge in [0.2, 0.25) is 0 Å². The van der Waals surface area contributed by atoms with Gasteiger partial charge in [-0.2, -0.15) is 0 Å². The zero-order valence-corrected chi connectivity index (χ0v) is 37.6. The Kier molecular flexibility index (Phi) is 31.6. The van der Waals surface area contributed by atoms with Crippen LogP contribution in [0.1, 0.15) is 155 Å². The fraction of sp³-hybridized carbons (Fsp3) is 0.830. The van der Waals surface area contributed by atoms with Gasteiger partial charge in [0.15, 0.2) is 18.7 Å². The monoisotopic (exact) mass is 887 g/mol. The quantitative estimate of drug-likeness (QED) is 0.0241. The highest BCUT2D eigenvalue weighted by Crippen LogP contribution is 2.26. The number of ether oxygens (including phenoxy) is 6. The standard InChI is InChI=1S/C47H82O15/c1-3-5-7-9-11-13-15-17-19-21-23-25-27-29-38(49)57-32-35(60-39(50)30-28-26-24-22-20-18-16-14-12-10-8-6-4-2)33-58-46-45(56)43(54)41(52)37(62-46)34-59-47-44(55)42(53)40(51)36(31-48)61-47/h19,21,25-28,35-37,40-48,51-56H,3-18,20,22-24,29-34H2,1-2H3/t35-,36-,37-,40+,41+,42?,43?,44?,45?,46-,47+/m1/s1. The molecule has 0 bridgehead atoms. The van der Waals surface area contributed by atoms with Gasteiger partial charge in [-0.1, -0.05) is 147 Å². The van der Waals surface area contributed by atoms with Gasteiger partial charge in [0.05, 0.1) is 32.7 Å². The summed E-state index contributed by atoms with van der Waals surface area (Å²) in [6.07, 6.45) is 18.1. The molecule has 2 saturated heterocycles. The summed E-state index contributed by atoms with van der Waals surface area (Å²) in [5, 5.41) is 71.8. The summed E-state index contributed by atoms with van der Waals surface area (Å²) in [5.74, 6) is -1.15. The van der Waals surface area contributed by atoms with Crippen LogP contribution in [-0.2, 0) is 38.0 Å². The minimum Gasteiger partial charge on any atom is -0.461 e. The van der Waals surface area contributed by atoms with Crippen LogP contribution in [0.4, 0.5) is 0 Å². The molecule has 2 rings (SSSR count). The Bertz CT molecular complexity index is 1230. The van der Waals surface area contributed by atoms with Crippen molar-refractivity contribution >= 4 is 11.9 Å². The van der Waals surface area contributed by atoms with Gasteiger partial charge in [-0.05, 0) is 32.1 Å². The molecule has 0 saturated carbocycles. The maximum absolute atomic E-state index is 12.9. The molecule has 11 atom stereocenters. The number of hydrogen-bond donors (Lipinski definition) is 7. The second-order valence-electron chi connectivity index (χ2n) is 16.6. The van der Waals surface area contributed by atoms with Gasteiger partial charge in [-0.15, -0.1) is 0 Å². The number of carbonyl (C=O) groups is 2. The molecule has 2 heterocycles. The fourth-order valence-electron chi connectivity index (χ4n) is 7.22. The third-order valence-corrected chi connectivity index (χ3v) is 11.2. The minimum atomic E-state index is -1.78. The van der Waals surface area contributed by atoms with Crippen molar-refractivity contribution in [3.05, 3.63) is 36.5 Å². The molecular weight excluding hydrogens is 805 g/mol. The van der Waals surface area contributed by atoms with Gasteiger partial charge < -0.3 is 64.2 Å².